The summed E-state index contributed by atoms with van der Waals surface area (Å²) in [5.41, 5.74) is 1.13. The van der Waals surface area contributed by atoms with E-state index in [2.05, 4.69) is 5.92 Å². The molecule has 1 atom stereocenters. The number of benzene rings is 1. The molecule has 1 aromatic rings. The van der Waals surface area contributed by atoms with Crippen LogP contribution in [-0.4, -0.2) is 6.17 Å². The number of hydrogen-bond acceptors (Lipinski definition) is 0. The van der Waals surface area contributed by atoms with Crippen LogP contribution < -0.4 is 0 Å². The van der Waals surface area contributed by atoms with Gasteiger partial charge in [0.1, 0.15) is 0 Å². The zero-order valence-electron chi connectivity index (χ0n) is 6.83. The zero-order valence-corrected chi connectivity index (χ0v) is 6.83. The van der Waals surface area contributed by atoms with Crippen molar-refractivity contribution in [2.75, 3.05) is 0 Å². The molecule has 0 fully saturated rings. The normalized spacial score (nSPS) is 12.0. The Morgan fingerprint density at radius 3 is 2.58 bits per heavy atom. The van der Waals surface area contributed by atoms with Gasteiger partial charge in [-0.3, -0.25) is 0 Å². The summed E-state index contributed by atoms with van der Waals surface area (Å²) in [6, 6.07) is 9.78. The van der Waals surface area contributed by atoms with Gasteiger partial charge in [0.25, 0.3) is 0 Å². The van der Waals surface area contributed by atoms with Crippen LogP contribution in [0.5, 0.6) is 0 Å². The summed E-state index contributed by atoms with van der Waals surface area (Å²) in [7, 11) is 0. The van der Waals surface area contributed by atoms with E-state index in [-0.39, 0.29) is 0 Å². The van der Waals surface area contributed by atoms with Crippen molar-refractivity contribution in [3.63, 3.8) is 0 Å². The van der Waals surface area contributed by atoms with Crippen LogP contribution in [0.15, 0.2) is 30.3 Å². The maximum Gasteiger partial charge on any atom is 0.160 e. The summed E-state index contributed by atoms with van der Waals surface area (Å²) < 4.78 is 12.6. The van der Waals surface area contributed by atoms with Gasteiger partial charge in [-0.1, -0.05) is 36.3 Å². The molecule has 0 aliphatic heterocycles. The van der Waals surface area contributed by atoms with Crippen molar-refractivity contribution in [2.24, 2.45) is 0 Å². The minimum atomic E-state index is -1.11. The van der Waals surface area contributed by atoms with E-state index in [1.165, 1.54) is 0 Å². The zero-order chi connectivity index (χ0) is 8.81. The van der Waals surface area contributed by atoms with Gasteiger partial charge in [0.15, 0.2) is 6.17 Å². The Morgan fingerprint density at radius 1 is 1.33 bits per heavy atom. The fraction of sp³-hybridized carbons (Fsp3) is 0.273. The molecule has 0 heterocycles. The fourth-order valence-electron chi connectivity index (χ4n) is 1.02. The van der Waals surface area contributed by atoms with E-state index in [4.69, 9.17) is 6.42 Å². The molecule has 0 saturated heterocycles. The highest BCUT2D eigenvalue weighted by molar-refractivity contribution is 5.15. The van der Waals surface area contributed by atoms with Crippen LogP contribution in [0.25, 0.3) is 0 Å². The molecule has 0 aromatic heterocycles. The van der Waals surface area contributed by atoms with Gasteiger partial charge in [-0.25, -0.2) is 4.39 Å². The molecule has 0 bridgehead atoms. The summed E-state index contributed by atoms with van der Waals surface area (Å²) in [4.78, 5) is 0. The summed E-state index contributed by atoms with van der Waals surface area (Å²) >= 11 is 0. The lowest BCUT2D eigenvalue weighted by atomic mass is 10.1. The van der Waals surface area contributed by atoms with Gasteiger partial charge in [-0.2, -0.15) is 0 Å². The number of hydrogen-bond donors (Lipinski definition) is 0. The largest absolute Gasteiger partial charge is 0.233 e. The predicted molar refractivity (Wildman–Crippen MR) is 48.5 cm³/mol. The van der Waals surface area contributed by atoms with Gasteiger partial charge in [-0.15, -0.1) is 6.42 Å². The fourth-order valence-corrected chi connectivity index (χ4v) is 1.02. The van der Waals surface area contributed by atoms with E-state index in [0.29, 0.717) is 12.8 Å². The van der Waals surface area contributed by atoms with Crippen molar-refractivity contribution in [1.29, 1.82) is 0 Å². The molecule has 0 aliphatic rings. The first-order chi connectivity index (χ1) is 5.83. The molecule has 0 saturated carbocycles. The molecule has 0 amide bonds. The molecule has 1 aromatic carbocycles. The molecule has 62 valence electrons. The lowest BCUT2D eigenvalue weighted by molar-refractivity contribution is 0.391. The van der Waals surface area contributed by atoms with Crippen molar-refractivity contribution in [3.05, 3.63) is 35.9 Å². The maximum absolute atomic E-state index is 12.6. The molecule has 0 spiro atoms. The molecule has 0 nitrogen and oxygen atoms in total. The van der Waals surface area contributed by atoms with Crippen LogP contribution in [0.3, 0.4) is 0 Å². The van der Waals surface area contributed by atoms with E-state index >= 15 is 0 Å². The molecule has 0 N–H and O–H groups in total. The van der Waals surface area contributed by atoms with Crippen molar-refractivity contribution in [2.45, 2.75) is 19.0 Å². The second-order valence-corrected chi connectivity index (χ2v) is 2.66. The van der Waals surface area contributed by atoms with Crippen molar-refractivity contribution in [1.82, 2.24) is 0 Å². The molecule has 1 unspecified atom stereocenters. The van der Waals surface area contributed by atoms with Crippen LogP contribution in [-0.2, 0) is 6.42 Å². The molecular weight excluding hydrogens is 151 g/mol. The Labute approximate surface area is 72.4 Å². The van der Waals surface area contributed by atoms with Gasteiger partial charge in [0.05, 0.1) is 0 Å². The number of alkyl halides is 1. The van der Waals surface area contributed by atoms with E-state index in [1.54, 1.807) is 0 Å². The van der Waals surface area contributed by atoms with Gasteiger partial charge < -0.3 is 0 Å². The van der Waals surface area contributed by atoms with Gasteiger partial charge in [-0.05, 0) is 18.4 Å². The first-order valence-corrected chi connectivity index (χ1v) is 3.97. The third-order valence-electron chi connectivity index (χ3n) is 1.71. The Morgan fingerprint density at radius 2 is 2.00 bits per heavy atom. The quantitative estimate of drug-likeness (QED) is 0.599. The Bertz CT molecular complexity index is 258. The topological polar surface area (TPSA) is 0 Å². The highest BCUT2D eigenvalue weighted by atomic mass is 19.1. The monoisotopic (exact) mass is 162 g/mol. The smallest absolute Gasteiger partial charge is 0.160 e. The summed E-state index contributed by atoms with van der Waals surface area (Å²) in [6.07, 6.45) is 4.94. The van der Waals surface area contributed by atoms with E-state index < -0.39 is 6.17 Å². The molecule has 1 rings (SSSR count). The highest BCUT2D eigenvalue weighted by Crippen LogP contribution is 2.06. The van der Waals surface area contributed by atoms with Crippen molar-refractivity contribution in [3.8, 4) is 12.3 Å². The van der Waals surface area contributed by atoms with E-state index in [9.17, 15) is 4.39 Å². The van der Waals surface area contributed by atoms with Gasteiger partial charge in [0, 0.05) is 0 Å². The number of halogens is 1. The molecular formula is C11H11F. The van der Waals surface area contributed by atoms with E-state index in [1.807, 2.05) is 30.3 Å². The standard InChI is InChI=1S/C11H11F/c1-2-11(12)9-8-10-6-4-3-5-7-10/h1,3-7,11H,8-9H2. The lowest BCUT2D eigenvalue weighted by Gasteiger charge is -2.00. The minimum Gasteiger partial charge on any atom is -0.233 e. The Hall–Kier alpha value is -1.29. The van der Waals surface area contributed by atoms with E-state index in [0.717, 1.165) is 5.56 Å². The Kier molecular flexibility index (Phi) is 3.35. The maximum atomic E-state index is 12.6. The number of terminal acetylenes is 1. The SMILES string of the molecule is C#CC(F)CCc1ccccc1. The third kappa shape index (κ3) is 2.75. The predicted octanol–water partition coefficient (Wildman–Crippen LogP) is 2.59. The molecule has 12 heavy (non-hydrogen) atoms. The third-order valence-corrected chi connectivity index (χ3v) is 1.71. The summed E-state index contributed by atoms with van der Waals surface area (Å²) in [5.74, 6) is 2.07. The van der Waals surface area contributed by atoms with Crippen molar-refractivity contribution >= 4 is 0 Å². The molecule has 0 aliphatic carbocycles. The van der Waals surface area contributed by atoms with Crippen LogP contribution in [0.2, 0.25) is 0 Å². The average molecular weight is 162 g/mol. The first kappa shape index (κ1) is 8.80. The first-order valence-electron chi connectivity index (χ1n) is 3.97. The molecule has 0 radical (unpaired) electrons. The van der Waals surface area contributed by atoms with Crippen LogP contribution >= 0.6 is 0 Å². The second-order valence-electron chi connectivity index (χ2n) is 2.66. The minimum absolute atomic E-state index is 0.417. The van der Waals surface area contributed by atoms with Crippen LogP contribution in [0.1, 0.15) is 12.0 Å². The van der Waals surface area contributed by atoms with Crippen molar-refractivity contribution < 1.29 is 4.39 Å². The molecule has 1 heteroatoms. The van der Waals surface area contributed by atoms with Gasteiger partial charge in [0.2, 0.25) is 0 Å². The van der Waals surface area contributed by atoms with Crippen LogP contribution in [0, 0.1) is 12.3 Å². The summed E-state index contributed by atoms with van der Waals surface area (Å²) in [5, 5.41) is 0. The summed E-state index contributed by atoms with van der Waals surface area (Å²) in [6.45, 7) is 0. The highest BCUT2D eigenvalue weighted by Gasteiger charge is 2.00. The lowest BCUT2D eigenvalue weighted by Crippen LogP contribution is -1.97. The van der Waals surface area contributed by atoms with Crippen LogP contribution in [0.4, 0.5) is 4.39 Å². The number of aryl methyl sites for hydroxylation is 1. The average Bonchev–Trinajstić information content (AvgIpc) is 2.16. The Balaban J connectivity index is 2.40. The second kappa shape index (κ2) is 4.56. The van der Waals surface area contributed by atoms with Gasteiger partial charge >= 0.3 is 0 Å². The number of rotatable bonds is 3.